The molecule has 2 aromatic carbocycles. The first-order valence-electron chi connectivity index (χ1n) is 6.70. The van der Waals surface area contributed by atoms with E-state index in [9.17, 15) is 13.2 Å². The molecule has 0 aromatic heterocycles. The van der Waals surface area contributed by atoms with Crippen molar-refractivity contribution >= 4 is 28.9 Å². The summed E-state index contributed by atoms with van der Waals surface area (Å²) in [6.07, 6.45) is -0.373. The van der Waals surface area contributed by atoms with E-state index >= 15 is 0 Å². The molecule has 3 rings (SSSR count). The van der Waals surface area contributed by atoms with Gasteiger partial charge in [-0.05, 0) is 6.07 Å². The van der Waals surface area contributed by atoms with Crippen LogP contribution in [0.15, 0.2) is 18.2 Å². The van der Waals surface area contributed by atoms with Gasteiger partial charge in [-0.2, -0.15) is 0 Å². The molecule has 0 bridgehead atoms. The van der Waals surface area contributed by atoms with Crippen LogP contribution < -0.4 is 15.8 Å². The lowest BCUT2D eigenvalue weighted by molar-refractivity contribution is 0.215. The highest BCUT2D eigenvalue weighted by Crippen LogP contribution is 2.46. The maximum absolute atomic E-state index is 13.9. The van der Waals surface area contributed by atoms with Crippen LogP contribution in [0.4, 0.5) is 18.9 Å². The van der Waals surface area contributed by atoms with Crippen molar-refractivity contribution in [2.75, 3.05) is 18.4 Å². The lowest BCUT2D eigenvalue weighted by Crippen LogP contribution is -2.37. The van der Waals surface area contributed by atoms with Crippen LogP contribution in [0.1, 0.15) is 0 Å². The molecule has 0 unspecified atom stereocenters. The molecule has 0 saturated carbocycles. The second kappa shape index (κ2) is 6.11. The molecular weight excluding hydrogens is 352 g/mol. The third-order valence-electron chi connectivity index (χ3n) is 3.50. The molecule has 0 aliphatic carbocycles. The zero-order chi connectivity index (χ0) is 16.7. The van der Waals surface area contributed by atoms with E-state index in [0.29, 0.717) is 18.3 Å². The minimum Gasteiger partial charge on any atom is -0.484 e. The molecule has 8 heteroatoms. The molecular formula is C15H11Cl2F3N2O. The Labute approximate surface area is 140 Å². The molecule has 0 spiro atoms. The van der Waals surface area contributed by atoms with Crippen molar-refractivity contribution in [1.82, 2.24) is 0 Å². The number of nitrogens with two attached hydrogens (primary N) is 1. The van der Waals surface area contributed by atoms with Gasteiger partial charge in [0.05, 0.1) is 22.3 Å². The van der Waals surface area contributed by atoms with Crippen molar-refractivity contribution in [3.8, 4) is 16.9 Å². The number of halogens is 5. The van der Waals surface area contributed by atoms with Gasteiger partial charge in [-0.25, -0.2) is 13.2 Å². The van der Waals surface area contributed by atoms with Crippen LogP contribution in [0.2, 0.25) is 10.0 Å². The SMILES string of the molecule is NC[C@@H]1CNc2cc(F)cc(-c3c(Cl)c(F)cc(F)c3Cl)c2O1. The van der Waals surface area contributed by atoms with Gasteiger partial charge in [0.2, 0.25) is 0 Å². The Morgan fingerprint density at radius 2 is 1.78 bits per heavy atom. The Balaban J connectivity index is 2.28. The molecule has 2 aromatic rings. The lowest BCUT2D eigenvalue weighted by Gasteiger charge is -2.29. The standard InChI is InChI=1S/C15H11Cl2F3N2O/c16-13-9(19)3-10(20)14(17)12(13)8-1-6(18)2-11-15(8)23-7(4-21)5-22-11/h1-3,7,22H,4-5,21H2/t7-/m1/s1. The Bertz CT molecular complexity index is 760. The third kappa shape index (κ3) is 2.82. The first kappa shape index (κ1) is 16.2. The quantitative estimate of drug-likeness (QED) is 0.786. The zero-order valence-corrected chi connectivity index (χ0v) is 13.1. The first-order chi connectivity index (χ1) is 10.9. The minimum absolute atomic E-state index is 0.0547. The smallest absolute Gasteiger partial charge is 0.151 e. The summed E-state index contributed by atoms with van der Waals surface area (Å²) in [7, 11) is 0. The maximum atomic E-state index is 13.9. The number of rotatable bonds is 2. The number of hydrogen-bond acceptors (Lipinski definition) is 3. The van der Waals surface area contributed by atoms with Gasteiger partial charge in [-0.1, -0.05) is 23.2 Å². The van der Waals surface area contributed by atoms with Gasteiger partial charge in [0.25, 0.3) is 0 Å². The second-order valence-corrected chi connectivity index (χ2v) is 5.79. The Morgan fingerprint density at radius 1 is 1.13 bits per heavy atom. The number of nitrogens with one attached hydrogen (secondary N) is 1. The number of benzene rings is 2. The van der Waals surface area contributed by atoms with Crippen LogP contribution >= 0.6 is 23.2 Å². The van der Waals surface area contributed by atoms with E-state index < -0.39 is 27.5 Å². The van der Waals surface area contributed by atoms with E-state index in [-0.39, 0.29) is 29.5 Å². The number of hydrogen-bond donors (Lipinski definition) is 2. The highest BCUT2D eigenvalue weighted by molar-refractivity contribution is 6.39. The van der Waals surface area contributed by atoms with Crippen LogP contribution in [-0.4, -0.2) is 19.2 Å². The maximum Gasteiger partial charge on any atom is 0.151 e. The number of ether oxygens (including phenoxy) is 1. The molecule has 0 radical (unpaired) electrons. The van der Waals surface area contributed by atoms with Crippen molar-refractivity contribution in [2.24, 2.45) is 5.73 Å². The summed E-state index contributed by atoms with van der Waals surface area (Å²) >= 11 is 11.8. The Hall–Kier alpha value is -1.63. The third-order valence-corrected chi connectivity index (χ3v) is 4.24. The molecule has 0 saturated heterocycles. The van der Waals surface area contributed by atoms with Gasteiger partial charge in [-0.15, -0.1) is 0 Å². The van der Waals surface area contributed by atoms with Gasteiger partial charge >= 0.3 is 0 Å². The van der Waals surface area contributed by atoms with Crippen LogP contribution in [0.25, 0.3) is 11.1 Å². The summed E-state index contributed by atoms with van der Waals surface area (Å²) in [6.45, 7) is 0.591. The predicted octanol–water partition coefficient (Wildman–Crippen LogP) is 4.21. The molecule has 3 N–H and O–H groups in total. The summed E-state index contributed by atoms with van der Waals surface area (Å²) in [6, 6.07) is 2.84. The fourth-order valence-electron chi connectivity index (χ4n) is 2.41. The van der Waals surface area contributed by atoms with Crippen molar-refractivity contribution in [3.05, 3.63) is 45.7 Å². The highest BCUT2D eigenvalue weighted by atomic mass is 35.5. The van der Waals surface area contributed by atoms with Crippen molar-refractivity contribution in [2.45, 2.75) is 6.10 Å². The molecule has 0 amide bonds. The summed E-state index contributed by atoms with van der Waals surface area (Å²) in [5, 5.41) is 2.14. The molecule has 122 valence electrons. The highest BCUT2D eigenvalue weighted by Gasteiger charge is 2.27. The normalized spacial score (nSPS) is 16.5. The van der Waals surface area contributed by atoms with Gasteiger partial charge in [0, 0.05) is 29.8 Å². The van der Waals surface area contributed by atoms with E-state index in [0.717, 1.165) is 6.07 Å². The average Bonchev–Trinajstić information content (AvgIpc) is 2.52. The molecule has 1 atom stereocenters. The molecule has 0 fully saturated rings. The second-order valence-electron chi connectivity index (χ2n) is 5.03. The number of anilines is 1. The largest absolute Gasteiger partial charge is 0.484 e. The molecule has 3 nitrogen and oxygen atoms in total. The van der Waals surface area contributed by atoms with Crippen molar-refractivity contribution < 1.29 is 17.9 Å². The van der Waals surface area contributed by atoms with Crippen molar-refractivity contribution in [3.63, 3.8) is 0 Å². The summed E-state index contributed by atoms with van der Waals surface area (Å²) in [5.74, 6) is -2.43. The van der Waals surface area contributed by atoms with Crippen molar-refractivity contribution in [1.29, 1.82) is 0 Å². The van der Waals surface area contributed by atoms with E-state index in [2.05, 4.69) is 5.32 Å². The van der Waals surface area contributed by atoms with Crippen LogP contribution in [0.5, 0.6) is 5.75 Å². The fraction of sp³-hybridized carbons (Fsp3) is 0.200. The van der Waals surface area contributed by atoms with Gasteiger partial charge in [0.1, 0.15) is 23.6 Å². The molecule has 23 heavy (non-hydrogen) atoms. The summed E-state index contributed by atoms with van der Waals surface area (Å²) in [4.78, 5) is 0. The minimum atomic E-state index is -0.999. The monoisotopic (exact) mass is 362 g/mol. The summed E-state index contributed by atoms with van der Waals surface area (Å²) < 4.78 is 47.1. The zero-order valence-electron chi connectivity index (χ0n) is 11.6. The average molecular weight is 363 g/mol. The predicted molar refractivity (Wildman–Crippen MR) is 83.7 cm³/mol. The van der Waals surface area contributed by atoms with Gasteiger partial charge in [-0.3, -0.25) is 0 Å². The van der Waals surface area contributed by atoms with Crippen LogP contribution in [0, 0.1) is 17.5 Å². The van der Waals surface area contributed by atoms with Crippen LogP contribution in [0.3, 0.4) is 0 Å². The number of fused-ring (bicyclic) bond motifs is 1. The fourth-order valence-corrected chi connectivity index (χ4v) is 2.96. The molecule has 1 aliphatic rings. The topological polar surface area (TPSA) is 47.3 Å². The van der Waals surface area contributed by atoms with E-state index in [1.807, 2.05) is 0 Å². The van der Waals surface area contributed by atoms with Gasteiger partial charge in [0.15, 0.2) is 5.75 Å². The van der Waals surface area contributed by atoms with E-state index in [1.165, 1.54) is 6.07 Å². The lowest BCUT2D eigenvalue weighted by atomic mass is 10.0. The Morgan fingerprint density at radius 3 is 2.39 bits per heavy atom. The van der Waals surface area contributed by atoms with E-state index in [4.69, 9.17) is 33.7 Å². The first-order valence-corrected chi connectivity index (χ1v) is 7.45. The Kier molecular flexibility index (Phi) is 4.31. The molecule has 1 heterocycles. The van der Waals surface area contributed by atoms with Crippen LogP contribution in [-0.2, 0) is 0 Å². The van der Waals surface area contributed by atoms with Gasteiger partial charge < -0.3 is 15.8 Å². The van der Waals surface area contributed by atoms with E-state index in [1.54, 1.807) is 0 Å². The summed E-state index contributed by atoms with van der Waals surface area (Å²) in [5.41, 5.74) is 5.80. The molecule has 1 aliphatic heterocycles.